The van der Waals surface area contributed by atoms with E-state index in [2.05, 4.69) is 30.2 Å². The lowest BCUT2D eigenvalue weighted by Crippen LogP contribution is -2.37. The fraction of sp³-hybridized carbons (Fsp3) is 0.375. The highest BCUT2D eigenvalue weighted by atomic mass is 19.1. The topological polar surface area (TPSA) is 92.9 Å². The van der Waals surface area contributed by atoms with Crippen LogP contribution in [0.2, 0.25) is 0 Å². The van der Waals surface area contributed by atoms with Gasteiger partial charge in [-0.15, -0.1) is 10.2 Å². The van der Waals surface area contributed by atoms with E-state index in [9.17, 15) is 9.50 Å². The summed E-state index contributed by atoms with van der Waals surface area (Å²) < 4.78 is 16.0. The maximum absolute atomic E-state index is 14.5. The second kappa shape index (κ2) is 7.75. The van der Waals surface area contributed by atoms with Gasteiger partial charge in [-0.1, -0.05) is 0 Å². The Kier molecular flexibility index (Phi) is 4.70. The smallest absolute Gasteiger partial charge is 0.245 e. The van der Waals surface area contributed by atoms with Crippen molar-refractivity contribution in [2.24, 2.45) is 18.9 Å². The summed E-state index contributed by atoms with van der Waals surface area (Å²) in [5.74, 6) is 1.75. The summed E-state index contributed by atoms with van der Waals surface area (Å²) in [6.45, 7) is 1.93. The third-order valence-corrected chi connectivity index (χ3v) is 6.70. The first kappa shape index (κ1) is 20.0. The molecule has 3 aromatic heterocycles. The summed E-state index contributed by atoms with van der Waals surface area (Å²) in [6.07, 6.45) is 10.1. The summed E-state index contributed by atoms with van der Waals surface area (Å²) in [5, 5.41) is 24.0. The van der Waals surface area contributed by atoms with Gasteiger partial charge in [0, 0.05) is 43.5 Å². The van der Waals surface area contributed by atoms with Crippen LogP contribution in [0.1, 0.15) is 25.7 Å². The molecule has 1 aliphatic heterocycles. The van der Waals surface area contributed by atoms with Gasteiger partial charge >= 0.3 is 0 Å². The summed E-state index contributed by atoms with van der Waals surface area (Å²) in [5.41, 5.74) is 2.21. The molecule has 0 unspecified atom stereocenters. The molecule has 6 rings (SSSR count). The Labute approximate surface area is 190 Å². The van der Waals surface area contributed by atoms with Crippen LogP contribution in [0.25, 0.3) is 33.4 Å². The summed E-state index contributed by atoms with van der Waals surface area (Å²) >= 11 is 0. The van der Waals surface area contributed by atoms with Crippen molar-refractivity contribution in [1.82, 2.24) is 29.9 Å². The van der Waals surface area contributed by atoms with Crippen LogP contribution in [0.15, 0.2) is 36.8 Å². The summed E-state index contributed by atoms with van der Waals surface area (Å²) in [7, 11) is 1.75. The van der Waals surface area contributed by atoms with Gasteiger partial charge in [0.05, 0.1) is 6.20 Å². The van der Waals surface area contributed by atoms with Crippen LogP contribution in [0, 0.1) is 17.7 Å². The number of pyridine rings is 1. The molecule has 0 bridgehead atoms. The minimum absolute atomic E-state index is 0.0604. The van der Waals surface area contributed by atoms with Crippen molar-refractivity contribution < 1.29 is 9.50 Å². The van der Waals surface area contributed by atoms with Gasteiger partial charge in [-0.3, -0.25) is 4.68 Å². The summed E-state index contributed by atoms with van der Waals surface area (Å²) in [4.78, 5) is 11.1. The van der Waals surface area contributed by atoms with Crippen molar-refractivity contribution in [2.45, 2.75) is 25.7 Å². The number of rotatable bonds is 4. The Balaban J connectivity index is 1.25. The fourth-order valence-electron chi connectivity index (χ4n) is 4.85. The Bertz CT molecular complexity index is 1330. The zero-order valence-corrected chi connectivity index (χ0v) is 18.3. The number of hydrogen-bond donors (Lipinski definition) is 1. The van der Waals surface area contributed by atoms with E-state index in [4.69, 9.17) is 0 Å². The Hall–Kier alpha value is -3.62. The molecule has 0 amide bonds. The molecule has 1 saturated heterocycles. The van der Waals surface area contributed by atoms with Crippen molar-refractivity contribution in [3.8, 4) is 28.3 Å². The predicted octanol–water partition coefficient (Wildman–Crippen LogP) is 3.96. The van der Waals surface area contributed by atoms with Gasteiger partial charge < -0.3 is 10.0 Å². The van der Waals surface area contributed by atoms with Crippen molar-refractivity contribution >= 4 is 16.9 Å². The maximum Gasteiger partial charge on any atom is 0.245 e. The van der Waals surface area contributed by atoms with Crippen LogP contribution in [0.3, 0.4) is 0 Å². The molecule has 1 aliphatic carbocycles. The average molecular weight is 446 g/mol. The fourth-order valence-corrected chi connectivity index (χ4v) is 4.85. The van der Waals surface area contributed by atoms with Crippen molar-refractivity contribution in [2.75, 3.05) is 18.0 Å². The first-order chi connectivity index (χ1) is 16.0. The second-order valence-electron chi connectivity index (χ2n) is 9.12. The van der Waals surface area contributed by atoms with E-state index in [1.807, 2.05) is 6.07 Å². The van der Waals surface area contributed by atoms with E-state index in [0.29, 0.717) is 39.4 Å². The normalized spacial score (nSPS) is 18.7. The zero-order chi connectivity index (χ0) is 22.5. The van der Waals surface area contributed by atoms with Crippen LogP contribution in [-0.2, 0) is 7.05 Å². The number of hydrogen-bond acceptors (Lipinski definition) is 7. The van der Waals surface area contributed by atoms with Crippen LogP contribution in [0.5, 0.6) is 5.75 Å². The molecule has 9 heteroatoms. The van der Waals surface area contributed by atoms with E-state index < -0.39 is 5.82 Å². The lowest BCUT2D eigenvalue weighted by atomic mass is 9.94. The van der Waals surface area contributed by atoms with Gasteiger partial charge in [-0.05, 0) is 61.3 Å². The molecular formula is C24H24FN7O. The van der Waals surface area contributed by atoms with Gasteiger partial charge in [-0.25, -0.2) is 14.4 Å². The number of benzene rings is 1. The van der Waals surface area contributed by atoms with Crippen molar-refractivity contribution in [3.63, 3.8) is 0 Å². The SMILES string of the molecule is Cn1cc2cc(-c3cnc(-c4cnc(N5CCC[C@@H](C6CC6)C5)nn4)c(O)c3)cc(F)c2n1. The number of aromatic nitrogens is 6. The van der Waals surface area contributed by atoms with Crippen LogP contribution in [-0.4, -0.2) is 48.1 Å². The van der Waals surface area contributed by atoms with Crippen molar-refractivity contribution in [3.05, 3.63) is 42.6 Å². The molecule has 168 valence electrons. The number of anilines is 1. The monoisotopic (exact) mass is 445 g/mol. The largest absolute Gasteiger partial charge is 0.506 e. The predicted molar refractivity (Wildman–Crippen MR) is 122 cm³/mol. The number of aromatic hydroxyl groups is 1. The third-order valence-electron chi connectivity index (χ3n) is 6.70. The number of aryl methyl sites for hydroxylation is 1. The quantitative estimate of drug-likeness (QED) is 0.508. The number of halogens is 1. The van der Waals surface area contributed by atoms with Crippen molar-refractivity contribution in [1.29, 1.82) is 0 Å². The molecular weight excluding hydrogens is 421 g/mol. The van der Waals surface area contributed by atoms with Gasteiger partial charge in [0.15, 0.2) is 5.82 Å². The molecule has 4 heterocycles. The highest BCUT2D eigenvalue weighted by Gasteiger charge is 2.34. The molecule has 4 aromatic rings. The van der Waals surface area contributed by atoms with Crippen LogP contribution in [0.4, 0.5) is 10.3 Å². The molecule has 0 spiro atoms. The maximum atomic E-state index is 14.5. The molecule has 33 heavy (non-hydrogen) atoms. The van der Waals surface area contributed by atoms with Crippen LogP contribution < -0.4 is 4.90 Å². The molecule has 0 radical (unpaired) electrons. The molecule has 1 saturated carbocycles. The van der Waals surface area contributed by atoms with E-state index in [1.165, 1.54) is 25.3 Å². The Morgan fingerprint density at radius 2 is 1.88 bits per heavy atom. The lowest BCUT2D eigenvalue weighted by molar-refractivity contribution is 0.370. The molecule has 2 aliphatic rings. The molecule has 2 fully saturated rings. The Morgan fingerprint density at radius 3 is 2.64 bits per heavy atom. The highest BCUT2D eigenvalue weighted by molar-refractivity contribution is 5.85. The number of fused-ring (bicyclic) bond motifs is 1. The lowest BCUT2D eigenvalue weighted by Gasteiger charge is -2.32. The number of nitrogens with zero attached hydrogens (tertiary/aromatic N) is 7. The molecule has 8 nitrogen and oxygen atoms in total. The van der Waals surface area contributed by atoms with E-state index in [1.54, 1.807) is 36.4 Å². The van der Waals surface area contributed by atoms with Gasteiger partial charge in [0.25, 0.3) is 0 Å². The van der Waals surface area contributed by atoms with E-state index in [-0.39, 0.29) is 5.75 Å². The first-order valence-corrected chi connectivity index (χ1v) is 11.3. The Morgan fingerprint density at radius 1 is 1.00 bits per heavy atom. The minimum Gasteiger partial charge on any atom is -0.506 e. The molecule has 1 aromatic carbocycles. The minimum atomic E-state index is -0.418. The third kappa shape index (κ3) is 3.77. The average Bonchev–Trinajstić information content (AvgIpc) is 3.60. The standard InChI is InChI=1S/C24H24FN7O/c1-31-12-18-7-16(8-19(25)22(18)30-31)17-9-21(33)23(26-10-17)20-11-27-24(29-28-20)32-6-2-3-15(13-32)14-4-5-14/h7-12,14-15,33H,2-6,13H2,1H3/t15-/m1/s1. The zero-order valence-electron chi connectivity index (χ0n) is 18.3. The van der Waals surface area contributed by atoms with Crippen LogP contribution >= 0.6 is 0 Å². The van der Waals surface area contributed by atoms with E-state index >= 15 is 0 Å². The first-order valence-electron chi connectivity index (χ1n) is 11.3. The van der Waals surface area contributed by atoms with Gasteiger partial charge in [-0.2, -0.15) is 5.10 Å². The summed E-state index contributed by atoms with van der Waals surface area (Å²) in [6, 6.07) is 4.78. The highest BCUT2D eigenvalue weighted by Crippen LogP contribution is 2.41. The number of piperidine rings is 1. The molecule has 1 atom stereocenters. The van der Waals surface area contributed by atoms with E-state index in [0.717, 1.165) is 31.3 Å². The van der Waals surface area contributed by atoms with Gasteiger partial charge in [0.2, 0.25) is 5.95 Å². The second-order valence-corrected chi connectivity index (χ2v) is 9.12. The van der Waals surface area contributed by atoms with Gasteiger partial charge in [0.1, 0.15) is 22.7 Å². The molecule has 1 N–H and O–H groups in total.